The van der Waals surface area contributed by atoms with E-state index in [-0.39, 0.29) is 5.91 Å². The van der Waals surface area contributed by atoms with Crippen LogP contribution >= 0.6 is 12.2 Å². The van der Waals surface area contributed by atoms with Gasteiger partial charge in [0, 0.05) is 19.6 Å². The molecular weight excluding hydrogens is 222 g/mol. The molecule has 1 aliphatic heterocycles. The number of hydrogen-bond donors (Lipinski definition) is 2. The smallest absolute Gasteiger partial charge is 0.241 e. The van der Waals surface area contributed by atoms with Crippen LogP contribution < -0.4 is 10.6 Å². The number of unbranched alkanes of at least 4 members (excludes halogenated alkanes) is 1. The zero-order valence-electron chi connectivity index (χ0n) is 9.92. The maximum absolute atomic E-state index is 11.7. The molecule has 2 N–H and O–H groups in total. The molecule has 0 radical (unpaired) electrons. The van der Waals surface area contributed by atoms with E-state index < -0.39 is 0 Å². The molecule has 0 saturated carbocycles. The van der Waals surface area contributed by atoms with Crippen molar-refractivity contribution in [3.63, 3.8) is 0 Å². The number of amides is 1. The second-order valence-electron chi connectivity index (χ2n) is 4.05. The summed E-state index contributed by atoms with van der Waals surface area (Å²) in [4.78, 5) is 13.5. The number of nitrogens with one attached hydrogen (secondary N) is 2. The molecule has 0 atom stereocenters. The van der Waals surface area contributed by atoms with Gasteiger partial charge >= 0.3 is 0 Å². The Morgan fingerprint density at radius 1 is 1.31 bits per heavy atom. The summed E-state index contributed by atoms with van der Waals surface area (Å²) >= 11 is 5.07. The summed E-state index contributed by atoms with van der Waals surface area (Å²) < 4.78 is 0. The zero-order chi connectivity index (χ0) is 11.8. The SMILES string of the molecule is CCCCNC(=S)NCC(=O)N1CCCC1. The minimum atomic E-state index is 0.150. The van der Waals surface area contributed by atoms with Crippen molar-refractivity contribution in [1.29, 1.82) is 0 Å². The highest BCUT2D eigenvalue weighted by Gasteiger charge is 2.17. The van der Waals surface area contributed by atoms with Crippen LogP contribution in [0.2, 0.25) is 0 Å². The van der Waals surface area contributed by atoms with Gasteiger partial charge < -0.3 is 15.5 Å². The number of carbonyl (C=O) groups excluding carboxylic acids is 1. The Kier molecular flexibility index (Phi) is 6.15. The summed E-state index contributed by atoms with van der Waals surface area (Å²) in [5.74, 6) is 0.150. The van der Waals surface area contributed by atoms with Crippen molar-refractivity contribution in [3.8, 4) is 0 Å². The van der Waals surface area contributed by atoms with Crippen LogP contribution in [0.3, 0.4) is 0 Å². The van der Waals surface area contributed by atoms with Gasteiger partial charge in [-0.25, -0.2) is 0 Å². The van der Waals surface area contributed by atoms with E-state index in [4.69, 9.17) is 12.2 Å². The standard InChI is InChI=1S/C11H21N3OS/c1-2-3-6-12-11(16)13-9-10(15)14-7-4-5-8-14/h2-9H2,1H3,(H2,12,13,16). The van der Waals surface area contributed by atoms with Crippen molar-refractivity contribution >= 4 is 23.2 Å². The van der Waals surface area contributed by atoms with Crippen molar-refractivity contribution in [3.05, 3.63) is 0 Å². The first-order valence-electron chi connectivity index (χ1n) is 6.03. The first-order chi connectivity index (χ1) is 7.74. The normalized spacial score (nSPS) is 14.9. The summed E-state index contributed by atoms with van der Waals surface area (Å²) in [7, 11) is 0. The Balaban J connectivity index is 2.08. The molecule has 1 saturated heterocycles. The van der Waals surface area contributed by atoms with E-state index in [2.05, 4.69) is 17.6 Å². The fourth-order valence-corrected chi connectivity index (χ4v) is 1.85. The van der Waals surface area contributed by atoms with Crippen LogP contribution in [0, 0.1) is 0 Å². The molecule has 0 aromatic heterocycles. The summed E-state index contributed by atoms with van der Waals surface area (Å²) in [6, 6.07) is 0. The molecule has 1 rings (SSSR count). The molecule has 0 spiro atoms. The molecule has 4 nitrogen and oxygen atoms in total. The highest BCUT2D eigenvalue weighted by Crippen LogP contribution is 2.06. The van der Waals surface area contributed by atoms with Crippen molar-refractivity contribution < 1.29 is 4.79 Å². The minimum absolute atomic E-state index is 0.150. The first kappa shape index (κ1) is 13.2. The minimum Gasteiger partial charge on any atom is -0.363 e. The Morgan fingerprint density at radius 3 is 2.62 bits per heavy atom. The van der Waals surface area contributed by atoms with E-state index in [1.54, 1.807) is 0 Å². The molecule has 0 bridgehead atoms. The second-order valence-corrected chi connectivity index (χ2v) is 4.46. The fraction of sp³-hybridized carbons (Fsp3) is 0.818. The molecule has 92 valence electrons. The van der Waals surface area contributed by atoms with Crippen molar-refractivity contribution in [2.45, 2.75) is 32.6 Å². The van der Waals surface area contributed by atoms with E-state index in [9.17, 15) is 4.79 Å². The van der Waals surface area contributed by atoms with Gasteiger partial charge in [-0.1, -0.05) is 13.3 Å². The molecular formula is C11H21N3OS. The lowest BCUT2D eigenvalue weighted by Gasteiger charge is -2.16. The van der Waals surface area contributed by atoms with Gasteiger partial charge in [-0.15, -0.1) is 0 Å². The molecule has 1 amide bonds. The van der Waals surface area contributed by atoms with Gasteiger partial charge in [0.15, 0.2) is 5.11 Å². The zero-order valence-corrected chi connectivity index (χ0v) is 10.7. The number of hydrogen-bond acceptors (Lipinski definition) is 2. The molecule has 5 heteroatoms. The van der Waals surface area contributed by atoms with E-state index in [0.29, 0.717) is 11.7 Å². The molecule has 16 heavy (non-hydrogen) atoms. The third-order valence-corrected chi connectivity index (χ3v) is 2.96. The number of rotatable bonds is 5. The number of carbonyl (C=O) groups is 1. The first-order valence-corrected chi connectivity index (χ1v) is 6.44. The molecule has 0 aliphatic carbocycles. The lowest BCUT2D eigenvalue weighted by atomic mass is 10.3. The van der Waals surface area contributed by atoms with Gasteiger partial charge in [-0.3, -0.25) is 4.79 Å². The number of nitrogens with zero attached hydrogens (tertiary/aromatic N) is 1. The Morgan fingerprint density at radius 2 is 2.00 bits per heavy atom. The van der Waals surface area contributed by atoms with Crippen LogP contribution in [-0.4, -0.2) is 42.1 Å². The third kappa shape index (κ3) is 4.79. The Bertz CT molecular complexity index is 239. The van der Waals surface area contributed by atoms with E-state index in [1.165, 1.54) is 0 Å². The van der Waals surface area contributed by atoms with E-state index >= 15 is 0 Å². The molecule has 0 unspecified atom stereocenters. The number of likely N-dealkylation sites (tertiary alicyclic amines) is 1. The Hall–Kier alpha value is -0.840. The van der Waals surface area contributed by atoms with Crippen molar-refractivity contribution in [2.24, 2.45) is 0 Å². The summed E-state index contributed by atoms with van der Waals surface area (Å²) in [5.41, 5.74) is 0. The van der Waals surface area contributed by atoms with Gasteiger partial charge in [0.1, 0.15) is 0 Å². The topological polar surface area (TPSA) is 44.4 Å². The van der Waals surface area contributed by atoms with Crippen LogP contribution in [-0.2, 0) is 4.79 Å². The largest absolute Gasteiger partial charge is 0.363 e. The lowest BCUT2D eigenvalue weighted by Crippen LogP contribution is -2.43. The van der Waals surface area contributed by atoms with Crippen LogP contribution in [0.15, 0.2) is 0 Å². The maximum atomic E-state index is 11.7. The van der Waals surface area contributed by atoms with Gasteiger partial charge in [0.05, 0.1) is 6.54 Å². The molecule has 1 aliphatic rings. The lowest BCUT2D eigenvalue weighted by molar-refractivity contribution is -0.128. The Labute approximate surface area is 103 Å². The van der Waals surface area contributed by atoms with E-state index in [1.807, 2.05) is 4.90 Å². The van der Waals surface area contributed by atoms with Gasteiger partial charge in [0.25, 0.3) is 0 Å². The van der Waals surface area contributed by atoms with Gasteiger partial charge in [-0.2, -0.15) is 0 Å². The summed E-state index contributed by atoms with van der Waals surface area (Å²) in [6.45, 7) is 5.13. The highest BCUT2D eigenvalue weighted by molar-refractivity contribution is 7.80. The molecule has 0 aromatic carbocycles. The average Bonchev–Trinajstić information content (AvgIpc) is 2.79. The average molecular weight is 243 g/mol. The second kappa shape index (κ2) is 7.44. The quantitative estimate of drug-likeness (QED) is 0.555. The maximum Gasteiger partial charge on any atom is 0.241 e. The monoisotopic (exact) mass is 243 g/mol. The van der Waals surface area contributed by atoms with Crippen LogP contribution in [0.5, 0.6) is 0 Å². The fourth-order valence-electron chi connectivity index (χ4n) is 1.68. The molecule has 1 heterocycles. The van der Waals surface area contributed by atoms with Gasteiger partial charge in [0.2, 0.25) is 5.91 Å². The summed E-state index contributed by atoms with van der Waals surface area (Å²) in [5, 5.41) is 6.61. The van der Waals surface area contributed by atoms with Crippen molar-refractivity contribution in [2.75, 3.05) is 26.2 Å². The van der Waals surface area contributed by atoms with Gasteiger partial charge in [-0.05, 0) is 31.5 Å². The van der Waals surface area contributed by atoms with E-state index in [0.717, 1.165) is 45.3 Å². The molecule has 0 aromatic rings. The van der Waals surface area contributed by atoms with Crippen LogP contribution in [0.25, 0.3) is 0 Å². The predicted molar refractivity (Wildman–Crippen MR) is 69.3 cm³/mol. The molecule has 1 fully saturated rings. The van der Waals surface area contributed by atoms with Crippen molar-refractivity contribution in [1.82, 2.24) is 15.5 Å². The highest BCUT2D eigenvalue weighted by atomic mass is 32.1. The number of thiocarbonyl (C=S) groups is 1. The predicted octanol–water partition coefficient (Wildman–Crippen LogP) is 0.873. The van der Waals surface area contributed by atoms with Crippen LogP contribution in [0.1, 0.15) is 32.6 Å². The van der Waals surface area contributed by atoms with Crippen LogP contribution in [0.4, 0.5) is 0 Å². The summed E-state index contributed by atoms with van der Waals surface area (Å²) in [6.07, 6.45) is 4.50. The third-order valence-electron chi connectivity index (χ3n) is 2.67.